The summed E-state index contributed by atoms with van der Waals surface area (Å²) in [6, 6.07) is 7.82. The Bertz CT molecular complexity index is 361. The number of rotatable bonds is 4. The second-order valence-electron chi connectivity index (χ2n) is 3.06. The van der Waals surface area contributed by atoms with Crippen LogP contribution >= 0.6 is 12.2 Å². The van der Waals surface area contributed by atoms with Gasteiger partial charge in [0.25, 0.3) is 0 Å². The molecule has 0 aliphatic carbocycles. The lowest BCUT2D eigenvalue weighted by atomic mass is 10.1. The molecule has 0 heterocycles. The Hall–Kier alpha value is -1.39. The average Bonchev–Trinajstić information content (AvgIpc) is 2.20. The van der Waals surface area contributed by atoms with Gasteiger partial charge in [0.2, 0.25) is 0 Å². The van der Waals surface area contributed by atoms with Crippen LogP contribution in [-0.2, 0) is 0 Å². The molecule has 0 bridgehead atoms. The summed E-state index contributed by atoms with van der Waals surface area (Å²) in [5.74, 6) is 0. The zero-order valence-corrected chi connectivity index (χ0v) is 9.26. The van der Waals surface area contributed by atoms with E-state index in [2.05, 4.69) is 5.32 Å². The van der Waals surface area contributed by atoms with Gasteiger partial charge in [0.15, 0.2) is 5.11 Å². The molecule has 0 saturated carbocycles. The second-order valence-corrected chi connectivity index (χ2v) is 3.50. The van der Waals surface area contributed by atoms with Gasteiger partial charge in [0.05, 0.1) is 0 Å². The highest BCUT2D eigenvalue weighted by atomic mass is 32.1. The fourth-order valence-electron chi connectivity index (χ4n) is 1.20. The Labute approximate surface area is 95.2 Å². The molecule has 1 rings (SSSR count). The zero-order chi connectivity index (χ0) is 11.1. The van der Waals surface area contributed by atoms with Crippen LogP contribution in [0.25, 0.3) is 6.08 Å². The standard InChI is InChI=1S/C11H15N3S/c12-8-4-3-6-9-5-1-2-7-10(9)14-11(13)15/h1-3,5-7H,4,8,12H2,(H3,13,14,15). The van der Waals surface area contributed by atoms with E-state index in [1.165, 1.54) is 0 Å². The van der Waals surface area contributed by atoms with Gasteiger partial charge in [-0.2, -0.15) is 0 Å². The van der Waals surface area contributed by atoms with Gasteiger partial charge in [0.1, 0.15) is 0 Å². The summed E-state index contributed by atoms with van der Waals surface area (Å²) in [5, 5.41) is 3.20. The van der Waals surface area contributed by atoms with Crippen molar-refractivity contribution in [3.05, 3.63) is 35.9 Å². The first kappa shape index (κ1) is 11.7. The largest absolute Gasteiger partial charge is 0.376 e. The third kappa shape index (κ3) is 4.10. The molecule has 0 spiro atoms. The molecule has 80 valence electrons. The quantitative estimate of drug-likeness (QED) is 0.677. The number of nitrogens with one attached hydrogen (secondary N) is 1. The first-order valence-corrected chi connectivity index (χ1v) is 5.17. The molecular formula is C11H15N3S. The van der Waals surface area contributed by atoms with E-state index in [9.17, 15) is 0 Å². The third-order valence-corrected chi connectivity index (χ3v) is 1.95. The minimum absolute atomic E-state index is 0.273. The molecule has 0 aliphatic rings. The van der Waals surface area contributed by atoms with Gasteiger partial charge in [-0.3, -0.25) is 0 Å². The minimum Gasteiger partial charge on any atom is -0.376 e. The van der Waals surface area contributed by atoms with Crippen LogP contribution in [0.1, 0.15) is 12.0 Å². The van der Waals surface area contributed by atoms with E-state index in [-0.39, 0.29) is 5.11 Å². The number of anilines is 1. The van der Waals surface area contributed by atoms with E-state index in [0.717, 1.165) is 17.7 Å². The maximum Gasteiger partial charge on any atom is 0.168 e. The topological polar surface area (TPSA) is 64.1 Å². The molecule has 1 aromatic carbocycles. The van der Waals surface area contributed by atoms with Crippen molar-refractivity contribution in [3.8, 4) is 0 Å². The predicted octanol–water partition coefficient (Wildman–Crippen LogP) is 1.70. The molecule has 15 heavy (non-hydrogen) atoms. The highest BCUT2D eigenvalue weighted by Gasteiger charge is 1.97. The van der Waals surface area contributed by atoms with Crippen LogP contribution in [0.15, 0.2) is 30.3 Å². The van der Waals surface area contributed by atoms with Crippen molar-refractivity contribution in [2.45, 2.75) is 6.42 Å². The van der Waals surface area contributed by atoms with E-state index in [1.54, 1.807) is 0 Å². The molecule has 5 N–H and O–H groups in total. The molecule has 0 saturated heterocycles. The summed E-state index contributed by atoms with van der Waals surface area (Å²) < 4.78 is 0. The van der Waals surface area contributed by atoms with Crippen LogP contribution in [0.4, 0.5) is 5.69 Å². The molecule has 0 aromatic heterocycles. The normalized spacial score (nSPS) is 10.5. The zero-order valence-electron chi connectivity index (χ0n) is 8.44. The molecule has 0 aliphatic heterocycles. The highest BCUT2D eigenvalue weighted by Crippen LogP contribution is 2.16. The Morgan fingerprint density at radius 3 is 2.80 bits per heavy atom. The molecule has 0 amide bonds. The van der Waals surface area contributed by atoms with Crippen LogP contribution < -0.4 is 16.8 Å². The Kier molecular flexibility index (Phi) is 4.80. The second kappa shape index (κ2) is 6.16. The summed E-state index contributed by atoms with van der Waals surface area (Å²) in [6.07, 6.45) is 4.90. The monoisotopic (exact) mass is 221 g/mol. The first-order valence-electron chi connectivity index (χ1n) is 4.76. The van der Waals surface area contributed by atoms with Gasteiger partial charge < -0.3 is 16.8 Å². The number of hydrogen-bond acceptors (Lipinski definition) is 2. The van der Waals surface area contributed by atoms with Crippen molar-refractivity contribution < 1.29 is 0 Å². The fourth-order valence-corrected chi connectivity index (χ4v) is 1.31. The van der Waals surface area contributed by atoms with Crippen molar-refractivity contribution in [2.75, 3.05) is 11.9 Å². The minimum atomic E-state index is 0.273. The summed E-state index contributed by atoms with van der Waals surface area (Å²) in [4.78, 5) is 0. The smallest absolute Gasteiger partial charge is 0.168 e. The molecule has 0 unspecified atom stereocenters. The van der Waals surface area contributed by atoms with E-state index in [1.807, 2.05) is 36.4 Å². The fraction of sp³-hybridized carbons (Fsp3) is 0.182. The molecule has 3 nitrogen and oxygen atoms in total. The number of para-hydroxylation sites is 1. The third-order valence-electron chi connectivity index (χ3n) is 1.85. The van der Waals surface area contributed by atoms with Gasteiger partial charge in [-0.25, -0.2) is 0 Å². The first-order chi connectivity index (χ1) is 7.24. The molecule has 4 heteroatoms. The maximum absolute atomic E-state index is 5.42. The molecular weight excluding hydrogens is 206 g/mol. The number of nitrogens with two attached hydrogens (primary N) is 2. The molecule has 0 atom stereocenters. The van der Waals surface area contributed by atoms with Gasteiger partial charge in [-0.15, -0.1) is 0 Å². The predicted molar refractivity (Wildman–Crippen MR) is 69.6 cm³/mol. The number of benzene rings is 1. The molecule has 0 radical (unpaired) electrons. The summed E-state index contributed by atoms with van der Waals surface area (Å²) in [6.45, 7) is 0.654. The van der Waals surface area contributed by atoms with Crippen LogP contribution in [0.5, 0.6) is 0 Å². The number of hydrogen-bond donors (Lipinski definition) is 3. The average molecular weight is 221 g/mol. The van der Waals surface area contributed by atoms with E-state index < -0.39 is 0 Å². The van der Waals surface area contributed by atoms with Gasteiger partial charge in [0, 0.05) is 5.69 Å². The maximum atomic E-state index is 5.42. The lowest BCUT2D eigenvalue weighted by Gasteiger charge is -2.06. The van der Waals surface area contributed by atoms with Gasteiger partial charge >= 0.3 is 0 Å². The van der Waals surface area contributed by atoms with E-state index in [0.29, 0.717) is 6.54 Å². The Balaban J connectivity index is 2.81. The van der Waals surface area contributed by atoms with Gasteiger partial charge in [-0.05, 0) is 36.8 Å². The molecule has 0 fully saturated rings. The van der Waals surface area contributed by atoms with Crippen LogP contribution in [-0.4, -0.2) is 11.7 Å². The molecule has 1 aromatic rings. The summed E-state index contributed by atoms with van der Waals surface area (Å²) in [7, 11) is 0. The van der Waals surface area contributed by atoms with Crippen LogP contribution in [0.3, 0.4) is 0 Å². The van der Waals surface area contributed by atoms with Crippen molar-refractivity contribution >= 4 is 29.1 Å². The van der Waals surface area contributed by atoms with Crippen molar-refractivity contribution in [1.29, 1.82) is 0 Å². The summed E-state index contributed by atoms with van der Waals surface area (Å²) >= 11 is 4.80. The van der Waals surface area contributed by atoms with Crippen LogP contribution in [0, 0.1) is 0 Å². The van der Waals surface area contributed by atoms with Crippen molar-refractivity contribution in [3.63, 3.8) is 0 Å². The van der Waals surface area contributed by atoms with Crippen molar-refractivity contribution in [1.82, 2.24) is 0 Å². The summed E-state index contributed by atoms with van der Waals surface area (Å²) in [5.41, 5.74) is 12.8. The van der Waals surface area contributed by atoms with Gasteiger partial charge in [-0.1, -0.05) is 30.4 Å². The van der Waals surface area contributed by atoms with Crippen molar-refractivity contribution in [2.24, 2.45) is 11.5 Å². The SMILES string of the molecule is NCCC=Cc1ccccc1NC(N)=S. The van der Waals surface area contributed by atoms with E-state index in [4.69, 9.17) is 23.7 Å². The highest BCUT2D eigenvalue weighted by molar-refractivity contribution is 7.80. The lowest BCUT2D eigenvalue weighted by molar-refractivity contribution is 1.01. The Morgan fingerprint density at radius 2 is 2.13 bits per heavy atom. The van der Waals surface area contributed by atoms with E-state index >= 15 is 0 Å². The Morgan fingerprint density at radius 1 is 1.40 bits per heavy atom. The number of thiocarbonyl (C=S) groups is 1. The van der Waals surface area contributed by atoms with Crippen LogP contribution in [0.2, 0.25) is 0 Å². The lowest BCUT2D eigenvalue weighted by Crippen LogP contribution is -2.19.